The Kier molecular flexibility index (Phi) is 6.31. The predicted octanol–water partition coefficient (Wildman–Crippen LogP) is 2.51. The van der Waals surface area contributed by atoms with Gasteiger partial charge < -0.3 is 10.6 Å². The lowest BCUT2D eigenvalue weighted by atomic mass is 10.3. The Morgan fingerprint density at radius 2 is 2.41 bits per heavy atom. The molecule has 1 aliphatic rings. The smallest absolute Gasteiger partial charge is 0.261 e. The predicted molar refractivity (Wildman–Crippen MR) is 93.1 cm³/mol. The molecule has 0 fully saturated rings. The molecule has 120 valence electrons. The van der Waals surface area contributed by atoms with Crippen LogP contribution in [0.3, 0.4) is 0 Å². The number of carbonyl (C=O) groups is 1. The molecule has 5 nitrogen and oxygen atoms in total. The number of thioether (sulfide) groups is 1. The van der Waals surface area contributed by atoms with Crippen molar-refractivity contribution in [3.8, 4) is 0 Å². The third kappa shape index (κ3) is 4.04. The molecule has 0 spiro atoms. The number of amides is 1. The molecule has 0 saturated carbocycles. The van der Waals surface area contributed by atoms with E-state index in [4.69, 9.17) is 0 Å². The molecule has 2 aromatic heterocycles. The van der Waals surface area contributed by atoms with E-state index in [0.717, 1.165) is 36.0 Å². The van der Waals surface area contributed by atoms with Gasteiger partial charge in [-0.25, -0.2) is 0 Å². The summed E-state index contributed by atoms with van der Waals surface area (Å²) in [4.78, 5) is 12.9. The van der Waals surface area contributed by atoms with Crippen LogP contribution in [0.1, 0.15) is 28.0 Å². The zero-order valence-corrected chi connectivity index (χ0v) is 14.7. The lowest BCUT2D eigenvalue weighted by molar-refractivity contribution is 0.0954. The van der Waals surface area contributed by atoms with Crippen molar-refractivity contribution in [2.75, 3.05) is 12.3 Å². The fourth-order valence-electron chi connectivity index (χ4n) is 2.26. The number of halogens is 1. The van der Waals surface area contributed by atoms with E-state index in [1.807, 2.05) is 16.8 Å². The minimum absolute atomic E-state index is 0. The number of aromatic nitrogens is 2. The highest BCUT2D eigenvalue weighted by atomic mass is 35.5. The van der Waals surface area contributed by atoms with Gasteiger partial charge in [-0.3, -0.25) is 9.48 Å². The molecule has 0 aromatic carbocycles. The van der Waals surface area contributed by atoms with Crippen molar-refractivity contribution in [2.24, 2.45) is 0 Å². The average Bonchev–Trinajstić information content (AvgIpc) is 3.11. The fraction of sp³-hybridized carbons (Fsp3) is 0.429. The highest BCUT2D eigenvalue weighted by Crippen LogP contribution is 2.26. The molecule has 2 N–H and O–H groups in total. The van der Waals surface area contributed by atoms with E-state index in [-0.39, 0.29) is 18.3 Å². The Bertz CT molecular complexity index is 617. The molecule has 0 atom stereocenters. The summed E-state index contributed by atoms with van der Waals surface area (Å²) in [6, 6.07) is 5.95. The van der Waals surface area contributed by atoms with Gasteiger partial charge >= 0.3 is 0 Å². The second-order valence-corrected chi connectivity index (χ2v) is 7.41. The van der Waals surface area contributed by atoms with Crippen LogP contribution in [0.2, 0.25) is 0 Å². The molecule has 0 radical (unpaired) electrons. The van der Waals surface area contributed by atoms with Crippen molar-refractivity contribution in [2.45, 2.75) is 30.8 Å². The summed E-state index contributed by atoms with van der Waals surface area (Å²) in [6.07, 6.45) is 0. The Balaban J connectivity index is 0.00000176. The largest absolute Gasteiger partial charge is 0.346 e. The van der Waals surface area contributed by atoms with Crippen molar-refractivity contribution in [1.29, 1.82) is 0 Å². The van der Waals surface area contributed by atoms with E-state index in [0.29, 0.717) is 6.54 Å². The van der Waals surface area contributed by atoms with Gasteiger partial charge in [0.15, 0.2) is 0 Å². The molecule has 0 aliphatic carbocycles. The van der Waals surface area contributed by atoms with E-state index in [2.05, 4.69) is 28.7 Å². The number of carbonyl (C=O) groups excluding carboxylic acids is 1. The first-order valence-electron chi connectivity index (χ1n) is 7.03. The van der Waals surface area contributed by atoms with E-state index in [1.54, 1.807) is 23.1 Å². The molecule has 2 aromatic rings. The molecule has 3 rings (SSSR count). The second kappa shape index (κ2) is 8.01. The third-order valence-corrected chi connectivity index (χ3v) is 5.43. The Morgan fingerprint density at radius 1 is 1.55 bits per heavy atom. The summed E-state index contributed by atoms with van der Waals surface area (Å²) in [6.45, 7) is 5.29. The minimum Gasteiger partial charge on any atom is -0.346 e. The number of hydrogen-bond donors (Lipinski definition) is 2. The van der Waals surface area contributed by atoms with Crippen molar-refractivity contribution in [3.63, 3.8) is 0 Å². The quantitative estimate of drug-likeness (QED) is 0.806. The summed E-state index contributed by atoms with van der Waals surface area (Å²) >= 11 is 3.31. The van der Waals surface area contributed by atoms with Crippen LogP contribution in [0, 0.1) is 0 Å². The van der Waals surface area contributed by atoms with Gasteiger partial charge in [-0.15, -0.1) is 35.5 Å². The van der Waals surface area contributed by atoms with E-state index in [9.17, 15) is 4.79 Å². The molecule has 8 heteroatoms. The van der Waals surface area contributed by atoms with Crippen LogP contribution in [0.5, 0.6) is 0 Å². The van der Waals surface area contributed by atoms with Crippen LogP contribution in [-0.2, 0) is 19.6 Å². The first-order chi connectivity index (χ1) is 10.3. The van der Waals surface area contributed by atoms with Crippen molar-refractivity contribution >= 4 is 41.4 Å². The van der Waals surface area contributed by atoms with E-state index < -0.39 is 0 Å². The molecule has 22 heavy (non-hydrogen) atoms. The summed E-state index contributed by atoms with van der Waals surface area (Å²) in [5.41, 5.74) is 2.10. The standard InChI is InChI=1S/C14H18N4OS2.ClH/c1-2-20-13-4-3-12(21-13)14(19)16-8-10-7-11-9-15-5-6-18(11)17-10;/h3-4,7,15H,2,5-6,8-9H2,1H3,(H,16,19);1H. The highest BCUT2D eigenvalue weighted by Gasteiger charge is 2.13. The molecular weight excluding hydrogens is 340 g/mol. The van der Waals surface area contributed by atoms with Crippen LogP contribution in [0.25, 0.3) is 0 Å². The molecular formula is C14H19ClN4OS2. The Morgan fingerprint density at radius 3 is 3.18 bits per heavy atom. The SMILES string of the molecule is CCSc1ccc(C(=O)NCc2cc3n(n2)CCNC3)s1.Cl. The van der Waals surface area contributed by atoms with E-state index in [1.165, 1.54) is 9.90 Å². The summed E-state index contributed by atoms with van der Waals surface area (Å²) in [5, 5.41) is 10.8. The molecule has 1 aliphatic heterocycles. The first-order valence-corrected chi connectivity index (χ1v) is 8.83. The second-order valence-electron chi connectivity index (χ2n) is 4.76. The monoisotopic (exact) mass is 358 g/mol. The average molecular weight is 359 g/mol. The number of rotatable bonds is 5. The zero-order chi connectivity index (χ0) is 14.7. The first kappa shape index (κ1) is 17.3. The normalized spacial score (nSPS) is 13.3. The van der Waals surface area contributed by atoms with Crippen molar-refractivity contribution in [3.05, 3.63) is 34.5 Å². The van der Waals surface area contributed by atoms with Crippen LogP contribution < -0.4 is 10.6 Å². The number of nitrogens with one attached hydrogen (secondary N) is 2. The fourth-order valence-corrected chi connectivity index (χ4v) is 4.22. The summed E-state index contributed by atoms with van der Waals surface area (Å²) in [7, 11) is 0. The summed E-state index contributed by atoms with van der Waals surface area (Å²) < 4.78 is 3.20. The van der Waals surface area contributed by atoms with Crippen LogP contribution in [0.4, 0.5) is 0 Å². The van der Waals surface area contributed by atoms with Crippen LogP contribution in [-0.4, -0.2) is 28.0 Å². The van der Waals surface area contributed by atoms with Gasteiger partial charge in [0.25, 0.3) is 5.91 Å². The van der Waals surface area contributed by atoms with Gasteiger partial charge in [0.05, 0.1) is 33.6 Å². The maximum atomic E-state index is 12.1. The molecule has 3 heterocycles. The van der Waals surface area contributed by atoms with Crippen LogP contribution in [0.15, 0.2) is 22.4 Å². The number of nitrogens with zero attached hydrogens (tertiary/aromatic N) is 2. The van der Waals surface area contributed by atoms with Crippen molar-refractivity contribution < 1.29 is 4.79 Å². The van der Waals surface area contributed by atoms with E-state index >= 15 is 0 Å². The van der Waals surface area contributed by atoms with Gasteiger partial charge in [-0.2, -0.15) is 5.10 Å². The minimum atomic E-state index is -0.0212. The van der Waals surface area contributed by atoms with Gasteiger partial charge in [0.2, 0.25) is 0 Å². The number of hydrogen-bond acceptors (Lipinski definition) is 5. The third-order valence-electron chi connectivity index (χ3n) is 3.24. The van der Waals surface area contributed by atoms with Crippen LogP contribution >= 0.6 is 35.5 Å². The maximum Gasteiger partial charge on any atom is 0.261 e. The topological polar surface area (TPSA) is 59.0 Å². The van der Waals surface area contributed by atoms with Gasteiger partial charge in [0, 0.05) is 13.1 Å². The molecule has 1 amide bonds. The maximum absolute atomic E-state index is 12.1. The molecule has 0 bridgehead atoms. The molecule has 0 unspecified atom stereocenters. The Hall–Kier alpha value is -1.02. The van der Waals surface area contributed by atoms with Gasteiger partial charge in [-0.05, 0) is 24.0 Å². The van der Waals surface area contributed by atoms with Crippen molar-refractivity contribution in [1.82, 2.24) is 20.4 Å². The van der Waals surface area contributed by atoms with Gasteiger partial charge in [0.1, 0.15) is 0 Å². The summed E-state index contributed by atoms with van der Waals surface area (Å²) in [5.74, 6) is 1.00. The lowest BCUT2D eigenvalue weighted by Gasteiger charge is -2.13. The molecule has 0 saturated heterocycles. The lowest BCUT2D eigenvalue weighted by Crippen LogP contribution is -2.28. The number of fused-ring (bicyclic) bond motifs is 1. The van der Waals surface area contributed by atoms with Gasteiger partial charge in [-0.1, -0.05) is 6.92 Å². The Labute approximate surface area is 144 Å². The highest BCUT2D eigenvalue weighted by molar-refractivity contribution is 8.01. The zero-order valence-electron chi connectivity index (χ0n) is 12.3. The number of thiophene rings is 1.